The van der Waals surface area contributed by atoms with Gasteiger partial charge < -0.3 is 0 Å². The first-order valence-electron chi connectivity index (χ1n) is 5.36. The van der Waals surface area contributed by atoms with E-state index in [0.717, 1.165) is 28.4 Å². The molecule has 0 bridgehead atoms. The second-order valence-electron chi connectivity index (χ2n) is 4.02. The molecule has 1 rings (SSSR count). The number of rotatable bonds is 4. The van der Waals surface area contributed by atoms with E-state index >= 15 is 0 Å². The smallest absolute Gasteiger partial charge is 0.165 e. The van der Waals surface area contributed by atoms with Crippen LogP contribution >= 0.6 is 15.9 Å². The number of halogens is 1. The van der Waals surface area contributed by atoms with Crippen molar-refractivity contribution in [1.82, 2.24) is 0 Å². The molecule has 0 spiro atoms. The topological polar surface area (TPSA) is 17.1 Å². The monoisotopic (exact) mass is 268 g/mol. The number of carbonyl (C=O) groups excluding carboxylic acids is 1. The van der Waals surface area contributed by atoms with E-state index in [0.29, 0.717) is 0 Å². The van der Waals surface area contributed by atoms with Crippen LogP contribution in [-0.2, 0) is 0 Å². The molecule has 2 heteroatoms. The van der Waals surface area contributed by atoms with E-state index < -0.39 is 0 Å². The summed E-state index contributed by atoms with van der Waals surface area (Å²) in [6, 6.07) is 5.80. The zero-order valence-electron chi connectivity index (χ0n) is 9.51. The first-order chi connectivity index (χ1) is 7.06. The van der Waals surface area contributed by atoms with Gasteiger partial charge in [0, 0.05) is 16.0 Å². The Hall–Kier alpha value is -0.630. The van der Waals surface area contributed by atoms with Crippen LogP contribution in [0.25, 0.3) is 0 Å². The Balaban J connectivity index is 2.87. The standard InChI is InChI=1S/C13H17BrO/c1-4-5-9(2)13(15)11-6-7-12(14)10(3)8-11/h6-9H,4-5H2,1-3H3. The molecule has 0 aromatic heterocycles. The Morgan fingerprint density at radius 1 is 1.47 bits per heavy atom. The third-order valence-electron chi connectivity index (χ3n) is 2.61. The van der Waals surface area contributed by atoms with E-state index in [1.54, 1.807) is 0 Å². The zero-order valence-corrected chi connectivity index (χ0v) is 11.1. The van der Waals surface area contributed by atoms with Crippen molar-refractivity contribution in [1.29, 1.82) is 0 Å². The first-order valence-corrected chi connectivity index (χ1v) is 6.16. The molecular formula is C13H17BrO. The quantitative estimate of drug-likeness (QED) is 0.741. The van der Waals surface area contributed by atoms with Crippen molar-refractivity contribution in [2.75, 3.05) is 0 Å². The minimum atomic E-state index is 0.135. The van der Waals surface area contributed by atoms with Crippen LogP contribution in [0.1, 0.15) is 42.6 Å². The van der Waals surface area contributed by atoms with Crippen molar-refractivity contribution in [3.63, 3.8) is 0 Å². The molecule has 0 fully saturated rings. The van der Waals surface area contributed by atoms with Crippen LogP contribution in [0.2, 0.25) is 0 Å². The summed E-state index contributed by atoms with van der Waals surface area (Å²) < 4.78 is 1.06. The summed E-state index contributed by atoms with van der Waals surface area (Å²) in [5, 5.41) is 0. The number of benzene rings is 1. The minimum absolute atomic E-state index is 0.135. The number of carbonyl (C=O) groups is 1. The lowest BCUT2D eigenvalue weighted by Gasteiger charge is -2.09. The van der Waals surface area contributed by atoms with Crippen LogP contribution in [-0.4, -0.2) is 5.78 Å². The van der Waals surface area contributed by atoms with E-state index in [1.165, 1.54) is 0 Å². The maximum Gasteiger partial charge on any atom is 0.165 e. The molecule has 0 aliphatic heterocycles. The third-order valence-corrected chi connectivity index (χ3v) is 3.50. The highest BCUT2D eigenvalue weighted by Gasteiger charge is 2.14. The molecule has 0 amide bonds. The average molecular weight is 269 g/mol. The van der Waals surface area contributed by atoms with Crippen molar-refractivity contribution in [3.8, 4) is 0 Å². The van der Waals surface area contributed by atoms with E-state index in [1.807, 2.05) is 32.0 Å². The van der Waals surface area contributed by atoms with Crippen molar-refractivity contribution >= 4 is 21.7 Å². The lowest BCUT2D eigenvalue weighted by atomic mass is 9.95. The molecule has 0 saturated carbocycles. The Labute approximate surface area is 100 Å². The molecule has 1 atom stereocenters. The van der Waals surface area contributed by atoms with Crippen LogP contribution in [0.4, 0.5) is 0 Å². The number of hydrogen-bond donors (Lipinski definition) is 0. The van der Waals surface area contributed by atoms with Gasteiger partial charge in [0.25, 0.3) is 0 Å². The van der Waals surface area contributed by atoms with Gasteiger partial charge in [0.2, 0.25) is 0 Å². The van der Waals surface area contributed by atoms with Gasteiger partial charge in [-0.25, -0.2) is 0 Å². The molecule has 0 aliphatic carbocycles. The first kappa shape index (κ1) is 12.4. The summed E-state index contributed by atoms with van der Waals surface area (Å²) in [5.74, 6) is 0.392. The van der Waals surface area contributed by atoms with Gasteiger partial charge in [0.15, 0.2) is 5.78 Å². The second-order valence-corrected chi connectivity index (χ2v) is 4.87. The molecule has 82 valence electrons. The van der Waals surface area contributed by atoms with Gasteiger partial charge in [-0.15, -0.1) is 0 Å². The van der Waals surface area contributed by atoms with Crippen molar-refractivity contribution in [2.45, 2.75) is 33.6 Å². The summed E-state index contributed by atoms with van der Waals surface area (Å²) in [4.78, 5) is 12.0. The number of aryl methyl sites for hydroxylation is 1. The van der Waals surface area contributed by atoms with Crippen LogP contribution in [0, 0.1) is 12.8 Å². The highest BCUT2D eigenvalue weighted by molar-refractivity contribution is 9.10. The molecule has 15 heavy (non-hydrogen) atoms. The average Bonchev–Trinajstić information content (AvgIpc) is 2.21. The molecule has 1 aromatic rings. The van der Waals surface area contributed by atoms with Gasteiger partial charge in [-0.2, -0.15) is 0 Å². The van der Waals surface area contributed by atoms with Gasteiger partial charge in [-0.05, 0) is 31.0 Å². The molecule has 0 aliphatic rings. The number of ketones is 1. The fourth-order valence-electron chi connectivity index (χ4n) is 1.65. The van der Waals surface area contributed by atoms with Crippen LogP contribution < -0.4 is 0 Å². The lowest BCUT2D eigenvalue weighted by Crippen LogP contribution is -2.11. The minimum Gasteiger partial charge on any atom is -0.294 e. The Morgan fingerprint density at radius 2 is 2.13 bits per heavy atom. The normalized spacial score (nSPS) is 12.5. The van der Waals surface area contributed by atoms with Gasteiger partial charge >= 0.3 is 0 Å². The number of Topliss-reactive ketones (excluding diaryl/α,β-unsaturated/α-hetero) is 1. The molecule has 0 saturated heterocycles. The predicted molar refractivity (Wildman–Crippen MR) is 67.3 cm³/mol. The van der Waals surface area contributed by atoms with E-state index in [9.17, 15) is 4.79 Å². The summed E-state index contributed by atoms with van der Waals surface area (Å²) in [5.41, 5.74) is 1.95. The third kappa shape index (κ3) is 3.16. The highest BCUT2D eigenvalue weighted by atomic mass is 79.9. The van der Waals surface area contributed by atoms with E-state index in [2.05, 4.69) is 22.9 Å². The number of hydrogen-bond acceptors (Lipinski definition) is 1. The van der Waals surface area contributed by atoms with E-state index in [4.69, 9.17) is 0 Å². The predicted octanol–water partition coefficient (Wildman–Crippen LogP) is 4.38. The van der Waals surface area contributed by atoms with Crippen molar-refractivity contribution in [2.24, 2.45) is 5.92 Å². The highest BCUT2D eigenvalue weighted by Crippen LogP contribution is 2.20. The molecule has 1 nitrogen and oxygen atoms in total. The Kier molecular flexibility index (Phi) is 4.52. The Morgan fingerprint density at radius 3 is 2.67 bits per heavy atom. The molecule has 0 radical (unpaired) electrons. The molecular weight excluding hydrogens is 252 g/mol. The van der Waals surface area contributed by atoms with E-state index in [-0.39, 0.29) is 11.7 Å². The van der Waals surface area contributed by atoms with Gasteiger partial charge in [0.05, 0.1) is 0 Å². The molecule has 0 heterocycles. The molecule has 1 aromatic carbocycles. The largest absolute Gasteiger partial charge is 0.294 e. The summed E-state index contributed by atoms with van der Waals surface area (Å²) >= 11 is 3.43. The van der Waals surface area contributed by atoms with Gasteiger partial charge in [-0.3, -0.25) is 4.79 Å². The molecule has 0 N–H and O–H groups in total. The van der Waals surface area contributed by atoms with Gasteiger partial charge in [0.1, 0.15) is 0 Å². The lowest BCUT2D eigenvalue weighted by molar-refractivity contribution is 0.0923. The maximum absolute atomic E-state index is 12.0. The van der Waals surface area contributed by atoms with Crippen molar-refractivity contribution in [3.05, 3.63) is 33.8 Å². The van der Waals surface area contributed by atoms with Crippen LogP contribution in [0.3, 0.4) is 0 Å². The molecule has 1 unspecified atom stereocenters. The fourth-order valence-corrected chi connectivity index (χ4v) is 1.89. The second kappa shape index (κ2) is 5.45. The summed E-state index contributed by atoms with van der Waals surface area (Å²) in [6.45, 7) is 6.12. The summed E-state index contributed by atoms with van der Waals surface area (Å²) in [7, 11) is 0. The Bertz CT molecular complexity index is 358. The fraction of sp³-hybridized carbons (Fsp3) is 0.462. The van der Waals surface area contributed by atoms with Crippen LogP contribution in [0.5, 0.6) is 0 Å². The van der Waals surface area contributed by atoms with Crippen LogP contribution in [0.15, 0.2) is 22.7 Å². The SMILES string of the molecule is CCCC(C)C(=O)c1ccc(Br)c(C)c1. The van der Waals surface area contributed by atoms with Gasteiger partial charge in [-0.1, -0.05) is 42.3 Å². The summed E-state index contributed by atoms with van der Waals surface area (Å²) in [6.07, 6.45) is 2.02. The van der Waals surface area contributed by atoms with Crippen molar-refractivity contribution < 1.29 is 4.79 Å². The maximum atomic E-state index is 12.0. The zero-order chi connectivity index (χ0) is 11.4.